The number of benzene rings is 2. The Morgan fingerprint density at radius 2 is 1.68 bits per heavy atom. The van der Waals surface area contributed by atoms with E-state index in [-0.39, 0.29) is 12.2 Å². The van der Waals surface area contributed by atoms with Gasteiger partial charge in [-0.05, 0) is 42.0 Å². The second-order valence-corrected chi connectivity index (χ2v) is 4.63. The first-order valence-electron chi connectivity index (χ1n) is 6.52. The molecule has 0 heterocycles. The highest BCUT2D eigenvalue weighted by molar-refractivity contribution is 5.31. The lowest BCUT2D eigenvalue weighted by Crippen LogP contribution is -2.12. The lowest BCUT2D eigenvalue weighted by Gasteiger charge is -2.15. The molecule has 1 N–H and O–H groups in total. The van der Waals surface area contributed by atoms with Crippen molar-refractivity contribution in [2.45, 2.75) is 12.3 Å². The fourth-order valence-corrected chi connectivity index (χ4v) is 1.87. The average molecular weight is 312 g/mol. The molecular weight excluding hydrogens is 297 g/mol. The summed E-state index contributed by atoms with van der Waals surface area (Å²) in [6.07, 6.45) is -5.59. The van der Waals surface area contributed by atoms with Gasteiger partial charge in [0.05, 0.1) is 12.7 Å². The van der Waals surface area contributed by atoms with Crippen LogP contribution in [0.1, 0.15) is 17.2 Å². The zero-order valence-corrected chi connectivity index (χ0v) is 11.8. The lowest BCUT2D eigenvalue weighted by molar-refractivity contribution is -0.137. The van der Waals surface area contributed by atoms with E-state index in [9.17, 15) is 18.3 Å². The molecule has 2 aromatic carbocycles. The maximum absolute atomic E-state index is 12.6. The van der Waals surface area contributed by atoms with E-state index in [4.69, 9.17) is 9.47 Å². The van der Waals surface area contributed by atoms with Gasteiger partial charge in [0.1, 0.15) is 24.2 Å². The van der Waals surface area contributed by atoms with Gasteiger partial charge in [0.2, 0.25) is 0 Å². The van der Waals surface area contributed by atoms with Crippen molar-refractivity contribution in [3.8, 4) is 11.5 Å². The molecule has 2 rings (SSSR count). The molecule has 0 radical (unpaired) electrons. The molecule has 0 aliphatic carbocycles. The van der Waals surface area contributed by atoms with Gasteiger partial charge >= 0.3 is 6.18 Å². The Labute approximate surface area is 125 Å². The van der Waals surface area contributed by atoms with Crippen molar-refractivity contribution in [2.24, 2.45) is 0 Å². The molecule has 1 unspecified atom stereocenters. The van der Waals surface area contributed by atoms with Crippen LogP contribution in [-0.2, 0) is 6.18 Å². The summed E-state index contributed by atoms with van der Waals surface area (Å²) < 4.78 is 48.2. The van der Waals surface area contributed by atoms with Gasteiger partial charge in [0.15, 0.2) is 0 Å². The predicted octanol–water partition coefficient (Wildman–Crippen LogP) is 3.83. The quantitative estimate of drug-likeness (QED) is 0.912. The zero-order valence-electron chi connectivity index (χ0n) is 11.8. The summed E-state index contributed by atoms with van der Waals surface area (Å²) in [6.45, 7) is -0.145. The third kappa shape index (κ3) is 4.14. The Morgan fingerprint density at radius 3 is 2.27 bits per heavy atom. The molecule has 118 valence electrons. The number of ether oxygens (including phenoxy) is 2. The molecule has 2 aromatic rings. The minimum Gasteiger partial charge on any atom is -0.497 e. The van der Waals surface area contributed by atoms with E-state index in [1.807, 2.05) is 0 Å². The topological polar surface area (TPSA) is 38.7 Å². The minimum absolute atomic E-state index is 0.145. The standard InChI is InChI=1S/C16H15F3O3/c1-21-13-5-7-14(8-6-13)22-10-15(20)11-3-2-4-12(9-11)16(17,18)19/h2-9,15,20H,10H2,1H3. The highest BCUT2D eigenvalue weighted by atomic mass is 19.4. The number of halogens is 3. The van der Waals surface area contributed by atoms with Crippen LogP contribution in [0.5, 0.6) is 11.5 Å². The zero-order chi connectivity index (χ0) is 16.2. The van der Waals surface area contributed by atoms with Gasteiger partial charge in [-0.3, -0.25) is 0 Å². The monoisotopic (exact) mass is 312 g/mol. The van der Waals surface area contributed by atoms with Crippen LogP contribution in [0.15, 0.2) is 48.5 Å². The molecule has 0 saturated carbocycles. The number of aliphatic hydroxyl groups excluding tert-OH is 1. The maximum atomic E-state index is 12.6. The molecule has 0 fully saturated rings. The Morgan fingerprint density at radius 1 is 1.05 bits per heavy atom. The van der Waals surface area contributed by atoms with E-state index >= 15 is 0 Å². The number of rotatable bonds is 5. The van der Waals surface area contributed by atoms with Crippen LogP contribution < -0.4 is 9.47 Å². The van der Waals surface area contributed by atoms with Crippen molar-refractivity contribution in [1.82, 2.24) is 0 Å². The van der Waals surface area contributed by atoms with Crippen LogP contribution in [0.3, 0.4) is 0 Å². The molecule has 6 heteroatoms. The van der Waals surface area contributed by atoms with Crippen molar-refractivity contribution >= 4 is 0 Å². The van der Waals surface area contributed by atoms with Crippen LogP contribution in [0.25, 0.3) is 0 Å². The second kappa shape index (κ2) is 6.70. The number of hydrogen-bond donors (Lipinski definition) is 1. The molecule has 22 heavy (non-hydrogen) atoms. The van der Waals surface area contributed by atoms with Crippen LogP contribution in [0.2, 0.25) is 0 Å². The summed E-state index contributed by atoms with van der Waals surface area (Å²) in [7, 11) is 1.53. The molecule has 0 spiro atoms. The van der Waals surface area contributed by atoms with E-state index in [0.717, 1.165) is 12.1 Å². The number of aliphatic hydroxyl groups is 1. The first-order valence-corrected chi connectivity index (χ1v) is 6.52. The summed E-state index contributed by atoms with van der Waals surface area (Å²) in [5, 5.41) is 9.96. The molecule has 0 aromatic heterocycles. The lowest BCUT2D eigenvalue weighted by atomic mass is 10.1. The Kier molecular flexibility index (Phi) is 4.92. The van der Waals surface area contributed by atoms with Crippen molar-refractivity contribution in [3.05, 3.63) is 59.7 Å². The smallest absolute Gasteiger partial charge is 0.416 e. The largest absolute Gasteiger partial charge is 0.497 e. The van der Waals surface area contributed by atoms with Gasteiger partial charge in [-0.25, -0.2) is 0 Å². The highest BCUT2D eigenvalue weighted by Gasteiger charge is 2.30. The van der Waals surface area contributed by atoms with E-state index in [0.29, 0.717) is 11.5 Å². The van der Waals surface area contributed by atoms with Crippen molar-refractivity contribution < 1.29 is 27.8 Å². The molecule has 0 saturated heterocycles. The first-order chi connectivity index (χ1) is 10.4. The minimum atomic E-state index is -4.44. The van der Waals surface area contributed by atoms with Gasteiger partial charge in [0.25, 0.3) is 0 Å². The molecule has 1 atom stereocenters. The fraction of sp³-hybridized carbons (Fsp3) is 0.250. The van der Waals surface area contributed by atoms with E-state index in [2.05, 4.69) is 0 Å². The molecular formula is C16H15F3O3. The van der Waals surface area contributed by atoms with E-state index in [1.165, 1.54) is 19.2 Å². The van der Waals surface area contributed by atoms with Gasteiger partial charge in [-0.15, -0.1) is 0 Å². The molecule has 3 nitrogen and oxygen atoms in total. The molecule has 0 aliphatic heterocycles. The van der Waals surface area contributed by atoms with Gasteiger partial charge in [0, 0.05) is 0 Å². The summed E-state index contributed by atoms with van der Waals surface area (Å²) in [6, 6.07) is 11.2. The van der Waals surface area contributed by atoms with Gasteiger partial charge < -0.3 is 14.6 Å². The molecule has 0 bridgehead atoms. The van der Waals surface area contributed by atoms with Crippen molar-refractivity contribution in [1.29, 1.82) is 0 Å². The average Bonchev–Trinajstić information content (AvgIpc) is 2.52. The summed E-state index contributed by atoms with van der Waals surface area (Å²) in [5.74, 6) is 1.15. The summed E-state index contributed by atoms with van der Waals surface area (Å²) >= 11 is 0. The van der Waals surface area contributed by atoms with Crippen LogP contribution in [0.4, 0.5) is 13.2 Å². The van der Waals surface area contributed by atoms with E-state index in [1.54, 1.807) is 24.3 Å². The SMILES string of the molecule is COc1ccc(OCC(O)c2cccc(C(F)(F)F)c2)cc1. The maximum Gasteiger partial charge on any atom is 0.416 e. The Balaban J connectivity index is 2.01. The summed E-state index contributed by atoms with van der Waals surface area (Å²) in [4.78, 5) is 0. The van der Waals surface area contributed by atoms with Gasteiger partial charge in [-0.1, -0.05) is 12.1 Å². The fourth-order valence-electron chi connectivity index (χ4n) is 1.87. The van der Waals surface area contributed by atoms with Crippen LogP contribution >= 0.6 is 0 Å². The molecule has 0 aliphatic rings. The van der Waals surface area contributed by atoms with Crippen LogP contribution in [0, 0.1) is 0 Å². The van der Waals surface area contributed by atoms with Crippen molar-refractivity contribution in [2.75, 3.05) is 13.7 Å². The van der Waals surface area contributed by atoms with Crippen LogP contribution in [-0.4, -0.2) is 18.8 Å². The van der Waals surface area contributed by atoms with Gasteiger partial charge in [-0.2, -0.15) is 13.2 Å². The normalized spacial score (nSPS) is 12.8. The Bertz CT molecular complexity index is 609. The number of hydrogen-bond acceptors (Lipinski definition) is 3. The predicted molar refractivity (Wildman–Crippen MR) is 74.9 cm³/mol. The molecule has 0 amide bonds. The Hall–Kier alpha value is -2.21. The third-order valence-electron chi connectivity index (χ3n) is 3.07. The third-order valence-corrected chi connectivity index (χ3v) is 3.07. The number of alkyl halides is 3. The summed E-state index contributed by atoms with van der Waals surface area (Å²) in [5.41, 5.74) is -0.642. The second-order valence-electron chi connectivity index (χ2n) is 4.63. The first kappa shape index (κ1) is 16.2. The highest BCUT2D eigenvalue weighted by Crippen LogP contribution is 2.31. The van der Waals surface area contributed by atoms with E-state index < -0.39 is 17.8 Å². The van der Waals surface area contributed by atoms with Crippen molar-refractivity contribution in [3.63, 3.8) is 0 Å². The number of methoxy groups -OCH3 is 1.